The molecule has 1 aliphatic rings. The highest BCUT2D eigenvalue weighted by molar-refractivity contribution is 6.15. The van der Waals surface area contributed by atoms with Crippen LogP contribution in [0, 0.1) is 12.8 Å². The van der Waals surface area contributed by atoms with Gasteiger partial charge in [0.2, 0.25) is 0 Å². The van der Waals surface area contributed by atoms with E-state index in [1.165, 1.54) is 0 Å². The molecular weight excluding hydrogens is 216 g/mol. The highest BCUT2D eigenvalue weighted by Gasteiger charge is 2.35. The molecule has 0 amide bonds. The Morgan fingerprint density at radius 1 is 1.06 bits per heavy atom. The van der Waals surface area contributed by atoms with E-state index in [0.29, 0.717) is 6.29 Å². The quantitative estimate of drug-likeness (QED) is 0.575. The Morgan fingerprint density at radius 3 is 2.06 bits per heavy atom. The minimum atomic E-state index is -1.02. The first-order valence-electron chi connectivity index (χ1n) is 5.69. The summed E-state index contributed by atoms with van der Waals surface area (Å²) in [6, 6.07) is 7.83. The number of aldehydes is 1. The van der Waals surface area contributed by atoms with Gasteiger partial charge < -0.3 is 4.79 Å². The molecule has 3 nitrogen and oxygen atoms in total. The van der Waals surface area contributed by atoms with Gasteiger partial charge in [-0.15, -0.1) is 0 Å². The standard InChI is InChI=1S/C14H14O3/c1-9-2-4-10(5-3-9)11-6-13(16)12(8-15)14(17)7-11/h2-5,8,11-12H,6-7H2,1H3. The van der Waals surface area contributed by atoms with E-state index in [1.54, 1.807) is 0 Å². The number of carbonyl (C=O) groups is 3. The van der Waals surface area contributed by atoms with Crippen molar-refractivity contribution in [3.05, 3.63) is 35.4 Å². The predicted octanol–water partition coefficient (Wildman–Crippen LogP) is 1.83. The Bertz CT molecular complexity index is 441. The normalized spacial score (nSPS) is 24.8. The van der Waals surface area contributed by atoms with Gasteiger partial charge in [-0.05, 0) is 18.4 Å². The van der Waals surface area contributed by atoms with E-state index >= 15 is 0 Å². The third-order valence-electron chi connectivity index (χ3n) is 3.27. The topological polar surface area (TPSA) is 51.2 Å². The largest absolute Gasteiger partial charge is 0.302 e. The molecule has 17 heavy (non-hydrogen) atoms. The van der Waals surface area contributed by atoms with Crippen molar-refractivity contribution in [2.24, 2.45) is 5.92 Å². The van der Waals surface area contributed by atoms with Gasteiger partial charge in [-0.1, -0.05) is 29.8 Å². The van der Waals surface area contributed by atoms with Gasteiger partial charge in [0.25, 0.3) is 0 Å². The molecule has 3 heteroatoms. The molecule has 1 saturated carbocycles. The third-order valence-corrected chi connectivity index (χ3v) is 3.27. The number of Topliss-reactive ketones (excluding diaryl/α,β-unsaturated/α-hetero) is 2. The highest BCUT2D eigenvalue weighted by atomic mass is 16.2. The van der Waals surface area contributed by atoms with E-state index in [1.807, 2.05) is 31.2 Å². The molecule has 0 aromatic heterocycles. The molecule has 0 unspecified atom stereocenters. The van der Waals surface area contributed by atoms with Crippen molar-refractivity contribution < 1.29 is 14.4 Å². The van der Waals surface area contributed by atoms with Crippen LogP contribution in [0.4, 0.5) is 0 Å². The molecule has 1 aromatic carbocycles. The Balaban J connectivity index is 2.20. The van der Waals surface area contributed by atoms with Crippen LogP contribution in [0.3, 0.4) is 0 Å². The van der Waals surface area contributed by atoms with Crippen LogP contribution in [0.25, 0.3) is 0 Å². The molecule has 0 radical (unpaired) electrons. The zero-order valence-electron chi connectivity index (χ0n) is 9.68. The van der Waals surface area contributed by atoms with E-state index in [4.69, 9.17) is 0 Å². The van der Waals surface area contributed by atoms with Crippen molar-refractivity contribution in [1.82, 2.24) is 0 Å². The smallest absolute Gasteiger partial charge is 0.151 e. The van der Waals surface area contributed by atoms with Crippen LogP contribution >= 0.6 is 0 Å². The van der Waals surface area contributed by atoms with E-state index in [-0.39, 0.29) is 30.3 Å². The zero-order chi connectivity index (χ0) is 12.4. The summed E-state index contributed by atoms with van der Waals surface area (Å²) >= 11 is 0. The Hall–Kier alpha value is -1.77. The third kappa shape index (κ3) is 2.33. The molecule has 1 aromatic rings. The highest BCUT2D eigenvalue weighted by Crippen LogP contribution is 2.31. The summed E-state index contributed by atoms with van der Waals surface area (Å²) in [6.45, 7) is 1.99. The lowest BCUT2D eigenvalue weighted by molar-refractivity contribution is -0.138. The van der Waals surface area contributed by atoms with Crippen molar-refractivity contribution >= 4 is 17.9 Å². The maximum absolute atomic E-state index is 11.6. The molecule has 0 N–H and O–H groups in total. The predicted molar refractivity (Wildman–Crippen MR) is 62.7 cm³/mol. The summed E-state index contributed by atoms with van der Waals surface area (Å²) in [5, 5.41) is 0. The summed E-state index contributed by atoms with van der Waals surface area (Å²) < 4.78 is 0. The van der Waals surface area contributed by atoms with Crippen molar-refractivity contribution in [3.63, 3.8) is 0 Å². The number of benzene rings is 1. The summed E-state index contributed by atoms with van der Waals surface area (Å²) in [7, 11) is 0. The molecule has 0 aliphatic heterocycles. The fourth-order valence-corrected chi connectivity index (χ4v) is 2.22. The van der Waals surface area contributed by atoms with E-state index < -0.39 is 5.92 Å². The zero-order valence-corrected chi connectivity index (χ0v) is 9.68. The molecule has 2 rings (SSSR count). The molecule has 0 spiro atoms. The van der Waals surface area contributed by atoms with Gasteiger partial charge in [-0.25, -0.2) is 0 Å². The second-order valence-corrected chi connectivity index (χ2v) is 4.56. The first-order chi connectivity index (χ1) is 8.11. The van der Waals surface area contributed by atoms with Gasteiger partial charge in [-0.3, -0.25) is 9.59 Å². The lowest BCUT2D eigenvalue weighted by Gasteiger charge is -2.23. The van der Waals surface area contributed by atoms with Crippen molar-refractivity contribution in [2.75, 3.05) is 0 Å². The average molecular weight is 230 g/mol. The lowest BCUT2D eigenvalue weighted by Crippen LogP contribution is -2.33. The molecular formula is C14H14O3. The molecule has 0 heterocycles. The maximum atomic E-state index is 11.6. The first kappa shape index (κ1) is 11.7. The minimum Gasteiger partial charge on any atom is -0.302 e. The first-order valence-corrected chi connectivity index (χ1v) is 5.69. The van der Waals surface area contributed by atoms with E-state index in [0.717, 1.165) is 11.1 Å². The van der Waals surface area contributed by atoms with Crippen LogP contribution in [0.2, 0.25) is 0 Å². The molecule has 0 atom stereocenters. The number of hydrogen-bond donors (Lipinski definition) is 0. The number of ketones is 2. The number of aryl methyl sites for hydroxylation is 1. The molecule has 88 valence electrons. The van der Waals surface area contributed by atoms with Gasteiger partial charge in [-0.2, -0.15) is 0 Å². The minimum absolute atomic E-state index is 0.0631. The summed E-state index contributed by atoms with van der Waals surface area (Å²) in [5.74, 6) is -1.58. The van der Waals surface area contributed by atoms with E-state index in [9.17, 15) is 14.4 Å². The van der Waals surface area contributed by atoms with Gasteiger partial charge in [0.1, 0.15) is 12.2 Å². The SMILES string of the molecule is Cc1ccc(C2CC(=O)C(C=O)C(=O)C2)cc1. The van der Waals surface area contributed by atoms with Crippen LogP contribution in [0.15, 0.2) is 24.3 Å². The van der Waals surface area contributed by atoms with Crippen LogP contribution in [0.1, 0.15) is 29.9 Å². The average Bonchev–Trinajstić information content (AvgIpc) is 2.29. The monoisotopic (exact) mass is 230 g/mol. The lowest BCUT2D eigenvalue weighted by atomic mass is 9.77. The number of carbonyl (C=O) groups excluding carboxylic acids is 3. The van der Waals surface area contributed by atoms with Crippen molar-refractivity contribution in [1.29, 1.82) is 0 Å². The van der Waals surface area contributed by atoms with E-state index in [2.05, 4.69) is 0 Å². The van der Waals surface area contributed by atoms with Gasteiger partial charge in [0.15, 0.2) is 11.6 Å². The molecule has 0 saturated heterocycles. The fourth-order valence-electron chi connectivity index (χ4n) is 2.22. The number of hydrogen-bond acceptors (Lipinski definition) is 3. The van der Waals surface area contributed by atoms with Crippen LogP contribution in [-0.4, -0.2) is 17.9 Å². The van der Waals surface area contributed by atoms with Gasteiger partial charge in [0.05, 0.1) is 0 Å². The van der Waals surface area contributed by atoms with Crippen LogP contribution in [0.5, 0.6) is 0 Å². The molecule has 1 aliphatic carbocycles. The van der Waals surface area contributed by atoms with Crippen molar-refractivity contribution in [2.45, 2.75) is 25.7 Å². The second kappa shape index (κ2) is 4.62. The second-order valence-electron chi connectivity index (χ2n) is 4.56. The van der Waals surface area contributed by atoms with Gasteiger partial charge >= 0.3 is 0 Å². The Kier molecular flexibility index (Phi) is 3.18. The Morgan fingerprint density at radius 2 is 1.59 bits per heavy atom. The maximum Gasteiger partial charge on any atom is 0.151 e. The van der Waals surface area contributed by atoms with Crippen molar-refractivity contribution in [3.8, 4) is 0 Å². The van der Waals surface area contributed by atoms with Gasteiger partial charge in [0, 0.05) is 12.8 Å². The number of rotatable bonds is 2. The van der Waals surface area contributed by atoms with Crippen LogP contribution < -0.4 is 0 Å². The van der Waals surface area contributed by atoms with Crippen LogP contribution in [-0.2, 0) is 14.4 Å². The summed E-state index contributed by atoms with van der Waals surface area (Å²) in [6.07, 6.45) is 1.05. The summed E-state index contributed by atoms with van der Waals surface area (Å²) in [4.78, 5) is 33.9. The Labute approximate surface area is 99.8 Å². The molecule has 1 fully saturated rings. The molecule has 0 bridgehead atoms. The fraction of sp³-hybridized carbons (Fsp3) is 0.357. The summed E-state index contributed by atoms with van der Waals surface area (Å²) in [5.41, 5.74) is 2.15.